The highest BCUT2D eigenvalue weighted by molar-refractivity contribution is 7.99. The van der Waals surface area contributed by atoms with E-state index >= 15 is 0 Å². The van der Waals surface area contributed by atoms with Crippen LogP contribution in [0.25, 0.3) is 17.1 Å². The van der Waals surface area contributed by atoms with Crippen molar-refractivity contribution in [3.63, 3.8) is 0 Å². The van der Waals surface area contributed by atoms with Crippen LogP contribution in [0.5, 0.6) is 0 Å². The normalized spacial score (nSPS) is 10.9. The van der Waals surface area contributed by atoms with Crippen molar-refractivity contribution in [2.75, 3.05) is 12.3 Å². The van der Waals surface area contributed by atoms with E-state index in [1.165, 1.54) is 34.8 Å². The summed E-state index contributed by atoms with van der Waals surface area (Å²) in [6.45, 7) is 0.547. The van der Waals surface area contributed by atoms with Crippen LogP contribution in [0.1, 0.15) is 4.88 Å². The number of halogens is 2. The molecular formula is C22H18F2N4OS2. The first-order valence-electron chi connectivity index (χ1n) is 9.50. The van der Waals surface area contributed by atoms with Crippen LogP contribution >= 0.6 is 23.1 Å². The molecule has 0 saturated heterocycles. The van der Waals surface area contributed by atoms with Crippen LogP contribution in [0.3, 0.4) is 0 Å². The Balaban J connectivity index is 1.52. The van der Waals surface area contributed by atoms with Crippen LogP contribution < -0.4 is 5.32 Å². The topological polar surface area (TPSA) is 59.8 Å². The maximum absolute atomic E-state index is 14.4. The number of rotatable bonds is 8. The molecule has 2 aromatic heterocycles. The lowest BCUT2D eigenvalue weighted by atomic mass is 10.2. The lowest BCUT2D eigenvalue weighted by molar-refractivity contribution is -0.118. The molecule has 0 aliphatic rings. The van der Waals surface area contributed by atoms with E-state index in [1.54, 1.807) is 46.2 Å². The maximum atomic E-state index is 14.4. The first kappa shape index (κ1) is 21.2. The lowest BCUT2D eigenvalue weighted by Gasteiger charge is -2.11. The lowest BCUT2D eigenvalue weighted by Crippen LogP contribution is -2.27. The van der Waals surface area contributed by atoms with Crippen molar-refractivity contribution >= 4 is 29.0 Å². The highest BCUT2D eigenvalue weighted by Gasteiger charge is 2.19. The molecular weight excluding hydrogens is 438 g/mol. The molecule has 1 amide bonds. The van der Waals surface area contributed by atoms with Crippen molar-refractivity contribution < 1.29 is 13.6 Å². The van der Waals surface area contributed by atoms with Crippen molar-refractivity contribution in [2.24, 2.45) is 0 Å². The Labute approximate surface area is 186 Å². The van der Waals surface area contributed by atoms with Crippen LogP contribution in [-0.2, 0) is 11.2 Å². The summed E-state index contributed by atoms with van der Waals surface area (Å²) < 4.78 is 29.5. The summed E-state index contributed by atoms with van der Waals surface area (Å²) in [6, 6.07) is 16.0. The molecule has 0 spiro atoms. The smallest absolute Gasteiger partial charge is 0.230 e. The zero-order valence-electron chi connectivity index (χ0n) is 16.3. The maximum Gasteiger partial charge on any atom is 0.230 e. The van der Waals surface area contributed by atoms with Gasteiger partial charge in [-0.1, -0.05) is 30.0 Å². The number of hydrogen-bond donors (Lipinski definition) is 1. The molecule has 9 heteroatoms. The molecule has 1 N–H and O–H groups in total. The van der Waals surface area contributed by atoms with Crippen molar-refractivity contribution in [3.05, 3.63) is 82.6 Å². The Hall–Kier alpha value is -3.04. The van der Waals surface area contributed by atoms with Gasteiger partial charge in [0.05, 0.1) is 11.3 Å². The van der Waals surface area contributed by atoms with Crippen LogP contribution in [0.15, 0.2) is 71.2 Å². The average molecular weight is 457 g/mol. The number of thiophene rings is 1. The molecule has 0 atom stereocenters. The molecule has 2 aromatic carbocycles. The second kappa shape index (κ2) is 9.84. The Bertz CT molecular complexity index is 1160. The molecule has 0 radical (unpaired) electrons. The number of nitrogens with one attached hydrogen (secondary N) is 1. The van der Waals surface area contributed by atoms with E-state index in [2.05, 4.69) is 15.5 Å². The number of nitrogens with zero attached hydrogens (tertiary/aromatic N) is 3. The fraction of sp³-hybridized carbons (Fsp3) is 0.136. The summed E-state index contributed by atoms with van der Waals surface area (Å²) in [4.78, 5) is 13.5. The van der Waals surface area contributed by atoms with Gasteiger partial charge in [-0.15, -0.1) is 21.5 Å². The predicted molar refractivity (Wildman–Crippen MR) is 118 cm³/mol. The van der Waals surface area contributed by atoms with Gasteiger partial charge in [0.25, 0.3) is 0 Å². The molecule has 158 valence electrons. The monoisotopic (exact) mass is 456 g/mol. The van der Waals surface area contributed by atoms with E-state index in [4.69, 9.17) is 0 Å². The SMILES string of the molecule is O=C(CSc1nnc(-c2ccccc2F)n1-c1ccc(F)cc1)NCCc1cccs1. The third kappa shape index (κ3) is 5.18. The van der Waals surface area contributed by atoms with Gasteiger partial charge in [-0.05, 0) is 54.3 Å². The molecule has 0 aliphatic carbocycles. The van der Waals surface area contributed by atoms with E-state index in [0.717, 1.165) is 6.42 Å². The van der Waals surface area contributed by atoms with Crippen LogP contribution in [0, 0.1) is 11.6 Å². The fourth-order valence-corrected chi connectivity index (χ4v) is 4.46. The van der Waals surface area contributed by atoms with Crippen molar-refractivity contribution in [1.29, 1.82) is 0 Å². The van der Waals surface area contributed by atoms with Crippen LogP contribution in [0.2, 0.25) is 0 Å². The summed E-state index contributed by atoms with van der Waals surface area (Å²) in [5.74, 6) is -0.557. The van der Waals surface area contributed by atoms with Crippen LogP contribution in [0.4, 0.5) is 8.78 Å². The molecule has 5 nitrogen and oxygen atoms in total. The zero-order valence-corrected chi connectivity index (χ0v) is 17.9. The quantitative estimate of drug-likeness (QED) is 0.390. The highest BCUT2D eigenvalue weighted by atomic mass is 32.2. The number of aromatic nitrogens is 3. The van der Waals surface area contributed by atoms with Gasteiger partial charge in [0, 0.05) is 17.1 Å². The van der Waals surface area contributed by atoms with Gasteiger partial charge < -0.3 is 5.32 Å². The minimum absolute atomic E-state index is 0.126. The Kier molecular flexibility index (Phi) is 6.73. The van der Waals surface area contributed by atoms with Gasteiger partial charge in [-0.3, -0.25) is 9.36 Å². The second-order valence-corrected chi connectivity index (χ2v) is 8.54. The molecule has 4 aromatic rings. The Morgan fingerprint density at radius 3 is 2.58 bits per heavy atom. The van der Waals surface area contributed by atoms with Crippen LogP contribution in [-0.4, -0.2) is 33.0 Å². The molecule has 0 aliphatic heterocycles. The van der Waals surface area contributed by atoms with E-state index in [0.29, 0.717) is 17.4 Å². The van der Waals surface area contributed by atoms with Crippen molar-refractivity contribution in [3.8, 4) is 17.1 Å². The van der Waals surface area contributed by atoms with Gasteiger partial charge in [0.2, 0.25) is 5.91 Å². The number of hydrogen-bond acceptors (Lipinski definition) is 5. The summed E-state index contributed by atoms with van der Waals surface area (Å²) in [7, 11) is 0. The molecule has 2 heterocycles. The standard InChI is InChI=1S/C22H18F2N4OS2/c23-15-7-9-16(10-8-15)28-21(18-5-1-2-6-19(18)24)26-27-22(28)31-14-20(29)25-12-11-17-4-3-13-30-17/h1-10,13H,11-12,14H2,(H,25,29). The minimum Gasteiger partial charge on any atom is -0.355 e. The van der Waals surface area contributed by atoms with Crippen molar-refractivity contribution in [2.45, 2.75) is 11.6 Å². The second-order valence-electron chi connectivity index (χ2n) is 6.57. The average Bonchev–Trinajstić information content (AvgIpc) is 3.43. The van der Waals surface area contributed by atoms with E-state index < -0.39 is 5.82 Å². The number of benzene rings is 2. The highest BCUT2D eigenvalue weighted by Crippen LogP contribution is 2.29. The summed E-state index contributed by atoms with van der Waals surface area (Å²) >= 11 is 2.84. The summed E-state index contributed by atoms with van der Waals surface area (Å²) in [5, 5.41) is 13.6. The van der Waals surface area contributed by atoms with E-state index in [9.17, 15) is 13.6 Å². The first-order valence-corrected chi connectivity index (χ1v) is 11.4. The van der Waals surface area contributed by atoms with Gasteiger partial charge in [-0.2, -0.15) is 0 Å². The fourth-order valence-electron chi connectivity index (χ4n) is 2.96. The Morgan fingerprint density at radius 1 is 1.03 bits per heavy atom. The molecule has 0 unspecified atom stereocenters. The van der Waals surface area contributed by atoms with Gasteiger partial charge in [0.1, 0.15) is 11.6 Å². The molecule has 4 rings (SSSR count). The molecule has 0 saturated carbocycles. The number of carbonyl (C=O) groups excluding carboxylic acids is 1. The van der Waals surface area contributed by atoms with E-state index in [-0.39, 0.29) is 28.9 Å². The van der Waals surface area contributed by atoms with E-state index in [1.807, 2.05) is 17.5 Å². The number of thioether (sulfide) groups is 1. The number of amides is 1. The number of carbonyl (C=O) groups is 1. The molecule has 0 bridgehead atoms. The third-order valence-corrected chi connectivity index (χ3v) is 6.30. The Morgan fingerprint density at radius 2 is 1.84 bits per heavy atom. The van der Waals surface area contributed by atoms with Gasteiger partial charge in [-0.25, -0.2) is 8.78 Å². The third-order valence-electron chi connectivity index (χ3n) is 4.44. The molecule has 0 fully saturated rings. The predicted octanol–water partition coefficient (Wildman–Crippen LogP) is 4.73. The largest absolute Gasteiger partial charge is 0.355 e. The first-order chi connectivity index (χ1) is 15.1. The summed E-state index contributed by atoms with van der Waals surface area (Å²) in [5.41, 5.74) is 0.844. The van der Waals surface area contributed by atoms with Crippen molar-refractivity contribution in [1.82, 2.24) is 20.1 Å². The zero-order chi connectivity index (χ0) is 21.6. The minimum atomic E-state index is -0.443. The summed E-state index contributed by atoms with van der Waals surface area (Å²) in [6.07, 6.45) is 0.775. The molecule has 31 heavy (non-hydrogen) atoms. The van der Waals surface area contributed by atoms with Gasteiger partial charge >= 0.3 is 0 Å². The van der Waals surface area contributed by atoms with Gasteiger partial charge in [0.15, 0.2) is 11.0 Å².